The van der Waals surface area contributed by atoms with Crippen molar-refractivity contribution in [3.8, 4) is 0 Å². The molecule has 1 aliphatic carbocycles. The van der Waals surface area contributed by atoms with E-state index in [1.165, 1.54) is 0 Å². The molecule has 3 heterocycles. The molecule has 65 heavy (non-hydrogen) atoms. The molecule has 1 saturated heterocycles. The fourth-order valence-electron chi connectivity index (χ4n) is 8.22. The molecule has 6 rings (SSSR count). The second-order valence-corrected chi connectivity index (χ2v) is 16.8. The summed E-state index contributed by atoms with van der Waals surface area (Å²) in [4.78, 5) is 39.1. The second kappa shape index (κ2) is 24.3. The molecular weight excluding hydrogens is 847 g/mol. The summed E-state index contributed by atoms with van der Waals surface area (Å²) in [5, 5.41) is 53.2. The molecule has 3 amide bonds. The molecule has 18 heteroatoms. The van der Waals surface area contributed by atoms with Gasteiger partial charge in [0.25, 0.3) is 0 Å². The van der Waals surface area contributed by atoms with Crippen LogP contribution in [-0.4, -0.2) is 137 Å². The van der Waals surface area contributed by atoms with Crippen LogP contribution in [0.1, 0.15) is 70.9 Å². The Balaban J connectivity index is 1.19. The van der Waals surface area contributed by atoms with Crippen LogP contribution in [0, 0.1) is 5.92 Å². The summed E-state index contributed by atoms with van der Waals surface area (Å²) in [6.07, 6.45) is -6.09. The second-order valence-electron chi connectivity index (χ2n) is 16.8. The molecule has 3 aliphatic heterocycles. The maximum Gasteiger partial charge on any atom is 0.408 e. The summed E-state index contributed by atoms with van der Waals surface area (Å²) in [5.41, 5.74) is 1.58. The fraction of sp³-hybridized carbons (Fsp3) is 0.596. The van der Waals surface area contributed by atoms with Crippen LogP contribution in [0.4, 0.5) is 9.59 Å². The van der Waals surface area contributed by atoms with E-state index >= 15 is 0 Å². The Morgan fingerprint density at radius 1 is 0.677 bits per heavy atom. The topological polar surface area (TPSA) is 242 Å². The van der Waals surface area contributed by atoms with Gasteiger partial charge in [-0.25, -0.2) is 9.59 Å². The van der Waals surface area contributed by atoms with Crippen LogP contribution in [0.5, 0.6) is 0 Å². The van der Waals surface area contributed by atoms with Crippen LogP contribution in [0.25, 0.3) is 0 Å². The zero-order valence-electron chi connectivity index (χ0n) is 37.3. The standard InChI is InChI=1S/C47H65N3O15/c1-5-14-35(52)42(55)48-34-23-27(4)39(63-43-32(21-19-30(6-2)60-43)49-46(56)58-25-28-15-10-8-11-16-28)41(37(34)53)65-45-38(54)40(36(24-51)62-45)64-44-33(22-20-31(7-3)61-44)50-47(57)59-26-29-17-12-9-13-18-29/h8-13,15-22,27,30-41,43-45,51-54H,5-7,14,23-26H2,1-4H3,(H,48,55)(H,49,56)(H,50,57). The highest BCUT2D eigenvalue weighted by atomic mass is 16.8. The van der Waals surface area contributed by atoms with E-state index in [-0.39, 0.29) is 32.2 Å². The smallest absolute Gasteiger partial charge is 0.408 e. The zero-order valence-corrected chi connectivity index (χ0v) is 37.3. The fourth-order valence-corrected chi connectivity index (χ4v) is 8.22. The van der Waals surface area contributed by atoms with Crippen LogP contribution in [-0.2, 0) is 55.9 Å². The predicted octanol–water partition coefficient (Wildman–Crippen LogP) is 3.24. The van der Waals surface area contributed by atoms with Crippen molar-refractivity contribution in [2.45, 2.75) is 165 Å². The van der Waals surface area contributed by atoms with Gasteiger partial charge < -0.3 is 74.3 Å². The molecule has 0 aromatic heterocycles. The van der Waals surface area contributed by atoms with Gasteiger partial charge in [-0.05, 0) is 42.7 Å². The summed E-state index contributed by atoms with van der Waals surface area (Å²) in [6.45, 7) is 6.92. The monoisotopic (exact) mass is 911 g/mol. The number of aliphatic hydroxyl groups excluding tert-OH is 4. The Morgan fingerprint density at radius 2 is 1.18 bits per heavy atom. The van der Waals surface area contributed by atoms with Gasteiger partial charge in [0, 0.05) is 0 Å². The van der Waals surface area contributed by atoms with Gasteiger partial charge in [0.15, 0.2) is 18.9 Å². The minimum absolute atomic E-state index is 0.0231. The van der Waals surface area contributed by atoms with E-state index < -0.39 is 116 Å². The maximum atomic E-state index is 13.1. The molecule has 4 aliphatic rings. The third kappa shape index (κ3) is 13.6. The Bertz CT molecular complexity index is 1860. The molecular formula is C47H65N3O15. The van der Waals surface area contributed by atoms with Crippen molar-refractivity contribution in [1.29, 1.82) is 0 Å². The Morgan fingerprint density at radius 3 is 1.68 bits per heavy atom. The van der Waals surface area contributed by atoms with E-state index in [1.807, 2.05) is 94.4 Å². The van der Waals surface area contributed by atoms with Gasteiger partial charge in [-0.15, -0.1) is 0 Å². The maximum absolute atomic E-state index is 13.1. The quantitative estimate of drug-likeness (QED) is 0.100. The van der Waals surface area contributed by atoms with E-state index in [0.717, 1.165) is 11.1 Å². The number of alkyl carbamates (subject to hydrolysis) is 2. The molecule has 2 fully saturated rings. The highest BCUT2D eigenvalue weighted by molar-refractivity contribution is 5.80. The molecule has 1 saturated carbocycles. The van der Waals surface area contributed by atoms with E-state index in [0.29, 0.717) is 19.3 Å². The zero-order chi connectivity index (χ0) is 46.5. The minimum atomic E-state index is -1.59. The summed E-state index contributed by atoms with van der Waals surface area (Å²) >= 11 is 0. The lowest BCUT2D eigenvalue weighted by Crippen LogP contribution is -2.63. The van der Waals surface area contributed by atoms with E-state index in [4.69, 9.17) is 37.9 Å². The number of rotatable bonds is 19. The van der Waals surface area contributed by atoms with Crippen molar-refractivity contribution in [1.82, 2.24) is 16.0 Å². The van der Waals surface area contributed by atoms with Crippen LogP contribution in [0.3, 0.4) is 0 Å². The molecule has 18 nitrogen and oxygen atoms in total. The van der Waals surface area contributed by atoms with Crippen LogP contribution >= 0.6 is 0 Å². The van der Waals surface area contributed by atoms with Gasteiger partial charge in [0.2, 0.25) is 5.91 Å². The molecule has 358 valence electrons. The number of nitrogens with one attached hydrogen (secondary N) is 3. The number of hydrogen-bond donors (Lipinski definition) is 7. The summed E-state index contributed by atoms with van der Waals surface area (Å²) < 4.78 is 48.9. The van der Waals surface area contributed by atoms with Crippen LogP contribution in [0.2, 0.25) is 0 Å². The van der Waals surface area contributed by atoms with E-state index in [1.54, 1.807) is 18.2 Å². The number of amides is 3. The summed E-state index contributed by atoms with van der Waals surface area (Å²) in [5.74, 6) is -1.14. The van der Waals surface area contributed by atoms with E-state index in [2.05, 4.69) is 16.0 Å². The first kappa shape index (κ1) is 50.0. The molecule has 16 atom stereocenters. The largest absolute Gasteiger partial charge is 0.445 e. The first-order chi connectivity index (χ1) is 31.4. The van der Waals surface area contributed by atoms with Crippen molar-refractivity contribution in [3.05, 3.63) is 96.1 Å². The number of ether oxygens (including phenoxy) is 8. The molecule has 2 aromatic rings. The normalized spacial score (nSPS) is 33.8. The molecule has 0 bridgehead atoms. The summed E-state index contributed by atoms with van der Waals surface area (Å²) in [6, 6.07) is 15.7. The number of hydrogen-bond acceptors (Lipinski definition) is 15. The molecule has 0 radical (unpaired) electrons. The van der Waals surface area contributed by atoms with Crippen molar-refractivity contribution in [2.75, 3.05) is 6.61 Å². The predicted molar refractivity (Wildman–Crippen MR) is 232 cm³/mol. The molecule has 16 unspecified atom stereocenters. The van der Waals surface area contributed by atoms with Crippen molar-refractivity contribution in [2.24, 2.45) is 5.92 Å². The minimum Gasteiger partial charge on any atom is -0.445 e. The Hall–Kier alpha value is -4.47. The van der Waals surface area contributed by atoms with Crippen LogP contribution < -0.4 is 16.0 Å². The van der Waals surface area contributed by atoms with Crippen molar-refractivity contribution >= 4 is 18.1 Å². The highest BCUT2D eigenvalue weighted by Gasteiger charge is 2.53. The van der Waals surface area contributed by atoms with Crippen LogP contribution in [0.15, 0.2) is 85.0 Å². The lowest BCUT2D eigenvalue weighted by atomic mass is 9.80. The van der Waals surface area contributed by atoms with Crippen molar-refractivity contribution < 1.29 is 72.7 Å². The van der Waals surface area contributed by atoms with Gasteiger partial charge in [-0.2, -0.15) is 0 Å². The average molecular weight is 912 g/mol. The lowest BCUT2D eigenvalue weighted by molar-refractivity contribution is -0.287. The SMILES string of the molecule is CCCC(O)C(=O)NC1CC(C)C(OC2OC(CC)C=CC2NC(=O)OCc2ccccc2)C(OC2OC(CO)C(OC3OC(CC)C=CC3NC(=O)OCc3ccccc3)C2O)C1O. The first-order valence-electron chi connectivity index (χ1n) is 22.6. The molecule has 7 N–H and O–H groups in total. The third-order valence-corrected chi connectivity index (χ3v) is 11.9. The third-order valence-electron chi connectivity index (χ3n) is 11.9. The Kier molecular flexibility index (Phi) is 18.7. The highest BCUT2D eigenvalue weighted by Crippen LogP contribution is 2.37. The first-order valence-corrected chi connectivity index (χ1v) is 22.6. The molecule has 0 spiro atoms. The average Bonchev–Trinajstić information content (AvgIpc) is 3.61. The number of carbonyl (C=O) groups excluding carboxylic acids is 3. The number of benzene rings is 2. The van der Waals surface area contributed by atoms with Gasteiger partial charge in [0.1, 0.15) is 61.9 Å². The molecule has 2 aromatic carbocycles. The Labute approximate surface area is 379 Å². The lowest BCUT2D eigenvalue weighted by Gasteiger charge is -2.46. The van der Waals surface area contributed by atoms with E-state index in [9.17, 15) is 34.8 Å². The number of carbonyl (C=O) groups is 3. The van der Waals surface area contributed by atoms with Gasteiger partial charge in [-0.3, -0.25) is 4.79 Å². The van der Waals surface area contributed by atoms with Crippen molar-refractivity contribution in [3.63, 3.8) is 0 Å². The number of aliphatic hydroxyl groups is 4. The summed E-state index contributed by atoms with van der Waals surface area (Å²) in [7, 11) is 0. The van der Waals surface area contributed by atoms with Gasteiger partial charge in [-0.1, -0.05) is 119 Å². The van der Waals surface area contributed by atoms with Gasteiger partial charge >= 0.3 is 12.2 Å². The van der Waals surface area contributed by atoms with Gasteiger partial charge in [0.05, 0.1) is 31.0 Å².